The van der Waals surface area contributed by atoms with Gasteiger partial charge in [-0.25, -0.2) is 0 Å². The quantitative estimate of drug-likeness (QED) is 0.782. The van der Waals surface area contributed by atoms with E-state index in [4.69, 9.17) is 17.3 Å². The molecular weight excluding hydrogens is 384 g/mol. The maximum atomic E-state index is 12.5. The van der Waals surface area contributed by atoms with E-state index in [0.29, 0.717) is 5.02 Å². The summed E-state index contributed by atoms with van der Waals surface area (Å²) in [6.45, 7) is 0. The molecule has 116 valence electrons. The van der Waals surface area contributed by atoms with Crippen molar-refractivity contribution in [3.8, 4) is 0 Å². The minimum atomic E-state index is -0.772. The van der Waals surface area contributed by atoms with Gasteiger partial charge in [0.25, 0.3) is 0 Å². The number of hydrogen-bond donors (Lipinski definition) is 1. The van der Waals surface area contributed by atoms with Crippen LogP contribution in [0.1, 0.15) is 12.0 Å². The highest BCUT2D eigenvalue weighted by Crippen LogP contribution is 2.47. The largest absolute Gasteiger partial charge is 0.314 e. The molecule has 1 unspecified atom stereocenters. The molecule has 0 bridgehead atoms. The summed E-state index contributed by atoms with van der Waals surface area (Å²) in [5, 5.41) is 0.609. The zero-order chi connectivity index (χ0) is 15.0. The molecule has 0 saturated carbocycles. The van der Waals surface area contributed by atoms with Crippen molar-refractivity contribution in [1.29, 1.82) is 0 Å². The average molecular weight is 400 g/mol. The Morgan fingerprint density at radius 3 is 2.59 bits per heavy atom. The fraction of sp³-hybridized carbons (Fsp3) is 0.188. The lowest BCUT2D eigenvalue weighted by atomic mass is 10.0. The smallest absolute Gasteiger partial charge is 0.229 e. The van der Waals surface area contributed by atoms with Gasteiger partial charge in [-0.2, -0.15) is 0 Å². The standard InChI is InChI=1S/C16H15ClN2OS.BrH/c1-19-13-9-12(17)7-8-14(13)21-16(18,10-15(19)20)11-5-3-2-4-6-11;/h2-9H,10,18H2,1H3;1H. The lowest BCUT2D eigenvalue weighted by molar-refractivity contribution is -0.118. The molecule has 1 atom stereocenters. The topological polar surface area (TPSA) is 46.3 Å². The van der Waals surface area contributed by atoms with Crippen molar-refractivity contribution >= 4 is 51.9 Å². The molecule has 3 nitrogen and oxygen atoms in total. The Bertz CT molecular complexity index is 698. The molecule has 2 aromatic carbocycles. The second-order valence-corrected chi connectivity index (χ2v) is 6.91. The van der Waals surface area contributed by atoms with Gasteiger partial charge in [0.1, 0.15) is 4.87 Å². The van der Waals surface area contributed by atoms with Crippen molar-refractivity contribution < 1.29 is 4.79 Å². The zero-order valence-corrected chi connectivity index (χ0v) is 15.2. The summed E-state index contributed by atoms with van der Waals surface area (Å²) in [4.78, 5) is 14.3. The number of rotatable bonds is 1. The fourth-order valence-corrected chi connectivity index (χ4v) is 3.87. The average Bonchev–Trinajstić information content (AvgIpc) is 2.57. The number of anilines is 1. The Balaban J connectivity index is 0.00000176. The number of nitrogens with zero attached hydrogens (tertiary/aromatic N) is 1. The van der Waals surface area contributed by atoms with Gasteiger partial charge in [0, 0.05) is 17.0 Å². The molecule has 0 aromatic heterocycles. The second-order valence-electron chi connectivity index (χ2n) is 5.10. The van der Waals surface area contributed by atoms with Gasteiger partial charge in [0.05, 0.1) is 12.1 Å². The van der Waals surface area contributed by atoms with E-state index < -0.39 is 4.87 Å². The summed E-state index contributed by atoms with van der Waals surface area (Å²) < 4.78 is 0. The first-order valence-corrected chi connectivity index (χ1v) is 7.78. The Labute approximate surface area is 149 Å². The molecule has 3 rings (SSSR count). The number of fused-ring (bicyclic) bond motifs is 1. The summed E-state index contributed by atoms with van der Waals surface area (Å²) in [5.41, 5.74) is 8.32. The molecule has 2 aromatic rings. The molecule has 1 aliphatic heterocycles. The van der Waals surface area contributed by atoms with Crippen LogP contribution in [0.5, 0.6) is 0 Å². The normalized spacial score (nSPS) is 20.9. The van der Waals surface area contributed by atoms with Crippen molar-refractivity contribution in [2.75, 3.05) is 11.9 Å². The number of nitrogens with two attached hydrogens (primary N) is 1. The van der Waals surface area contributed by atoms with Crippen LogP contribution in [0, 0.1) is 0 Å². The number of carbonyl (C=O) groups excluding carboxylic acids is 1. The molecule has 0 fully saturated rings. The van der Waals surface area contributed by atoms with Gasteiger partial charge >= 0.3 is 0 Å². The van der Waals surface area contributed by atoms with Gasteiger partial charge in [-0.05, 0) is 23.8 Å². The molecule has 0 radical (unpaired) electrons. The summed E-state index contributed by atoms with van der Waals surface area (Å²) in [6, 6.07) is 15.3. The predicted molar refractivity (Wildman–Crippen MR) is 98.0 cm³/mol. The van der Waals surface area contributed by atoms with Gasteiger partial charge < -0.3 is 10.6 Å². The van der Waals surface area contributed by atoms with Crippen molar-refractivity contribution in [3.05, 3.63) is 59.1 Å². The summed E-state index contributed by atoms with van der Waals surface area (Å²) in [7, 11) is 1.76. The van der Waals surface area contributed by atoms with Crippen molar-refractivity contribution in [1.82, 2.24) is 0 Å². The number of carbonyl (C=O) groups is 1. The minimum absolute atomic E-state index is 0. The van der Waals surface area contributed by atoms with E-state index in [0.717, 1.165) is 16.1 Å². The lowest BCUT2D eigenvalue weighted by Crippen LogP contribution is -2.38. The highest BCUT2D eigenvalue weighted by Gasteiger charge is 2.37. The SMILES string of the molecule is Br.CN1C(=O)CC(N)(c2ccccc2)Sc2ccc(Cl)cc21. The Hall–Kier alpha value is -1.01. The van der Waals surface area contributed by atoms with Crippen LogP contribution in [0.3, 0.4) is 0 Å². The fourth-order valence-electron chi connectivity index (χ4n) is 2.43. The molecule has 22 heavy (non-hydrogen) atoms. The molecule has 0 spiro atoms. The number of halogens is 2. The van der Waals surface area contributed by atoms with Crippen molar-refractivity contribution in [2.24, 2.45) is 5.73 Å². The molecule has 1 heterocycles. The number of hydrogen-bond acceptors (Lipinski definition) is 3. The van der Waals surface area contributed by atoms with Crippen LogP contribution in [-0.4, -0.2) is 13.0 Å². The first-order chi connectivity index (χ1) is 9.99. The zero-order valence-electron chi connectivity index (χ0n) is 12.0. The van der Waals surface area contributed by atoms with Gasteiger partial charge in [0.2, 0.25) is 5.91 Å². The Kier molecular flexibility index (Phi) is 5.22. The van der Waals surface area contributed by atoms with E-state index in [1.165, 1.54) is 11.8 Å². The molecule has 2 N–H and O–H groups in total. The maximum absolute atomic E-state index is 12.5. The van der Waals surface area contributed by atoms with E-state index in [1.54, 1.807) is 18.0 Å². The van der Waals surface area contributed by atoms with Crippen LogP contribution < -0.4 is 10.6 Å². The van der Waals surface area contributed by atoms with E-state index in [9.17, 15) is 4.79 Å². The van der Waals surface area contributed by atoms with Gasteiger partial charge in [0.15, 0.2) is 0 Å². The van der Waals surface area contributed by atoms with Crippen molar-refractivity contribution in [3.63, 3.8) is 0 Å². The van der Waals surface area contributed by atoms with E-state index in [1.807, 2.05) is 42.5 Å². The molecule has 6 heteroatoms. The number of amides is 1. The number of benzene rings is 2. The van der Waals surface area contributed by atoms with Crippen LogP contribution in [0.2, 0.25) is 5.02 Å². The molecule has 0 aliphatic carbocycles. The predicted octanol–water partition coefficient (Wildman–Crippen LogP) is 4.19. The van der Waals surface area contributed by atoms with Gasteiger partial charge in [-0.3, -0.25) is 4.79 Å². The van der Waals surface area contributed by atoms with Crippen LogP contribution in [0.4, 0.5) is 5.69 Å². The molecular formula is C16H16BrClN2OS. The second kappa shape index (κ2) is 6.62. The van der Waals surface area contributed by atoms with Crippen LogP contribution in [0.15, 0.2) is 53.4 Å². The molecule has 0 saturated heterocycles. The highest BCUT2D eigenvalue weighted by molar-refractivity contribution is 8.93. The number of thioether (sulfide) groups is 1. The van der Waals surface area contributed by atoms with Gasteiger partial charge in [-0.1, -0.05) is 53.7 Å². The Morgan fingerprint density at radius 2 is 1.91 bits per heavy atom. The van der Waals surface area contributed by atoms with Crippen LogP contribution in [-0.2, 0) is 9.67 Å². The van der Waals surface area contributed by atoms with E-state index in [2.05, 4.69) is 0 Å². The first-order valence-electron chi connectivity index (χ1n) is 6.59. The summed E-state index contributed by atoms with van der Waals surface area (Å²) in [6.07, 6.45) is 0.241. The van der Waals surface area contributed by atoms with E-state index in [-0.39, 0.29) is 29.3 Å². The monoisotopic (exact) mass is 398 g/mol. The van der Waals surface area contributed by atoms with Gasteiger partial charge in [-0.15, -0.1) is 17.0 Å². The summed E-state index contributed by atoms with van der Waals surface area (Å²) >= 11 is 7.56. The Morgan fingerprint density at radius 1 is 1.23 bits per heavy atom. The maximum Gasteiger partial charge on any atom is 0.229 e. The lowest BCUT2D eigenvalue weighted by Gasteiger charge is -2.27. The third kappa shape index (κ3) is 3.18. The minimum Gasteiger partial charge on any atom is -0.314 e. The van der Waals surface area contributed by atoms with Crippen LogP contribution in [0.25, 0.3) is 0 Å². The van der Waals surface area contributed by atoms with Crippen molar-refractivity contribution in [2.45, 2.75) is 16.2 Å². The first kappa shape index (κ1) is 17.3. The molecule has 1 amide bonds. The van der Waals surface area contributed by atoms with Crippen LogP contribution >= 0.6 is 40.3 Å². The van der Waals surface area contributed by atoms with E-state index >= 15 is 0 Å². The summed E-state index contributed by atoms with van der Waals surface area (Å²) in [5.74, 6) is -0.0186. The highest BCUT2D eigenvalue weighted by atomic mass is 79.9. The molecule has 1 aliphatic rings. The third-order valence-electron chi connectivity index (χ3n) is 3.62. The third-order valence-corrected chi connectivity index (χ3v) is 5.17.